The Labute approximate surface area is 162 Å². The molecule has 0 spiro atoms. The van der Waals surface area contributed by atoms with E-state index in [1.165, 1.54) is 5.56 Å². The fraction of sp³-hybridized carbons (Fsp3) is 0.550. The normalized spacial score (nSPS) is 11.5. The lowest BCUT2D eigenvalue weighted by atomic mass is 10.1. The van der Waals surface area contributed by atoms with Crippen molar-refractivity contribution in [3.8, 4) is 5.75 Å². The smallest absolute Gasteiger partial charge is 0.191 e. The van der Waals surface area contributed by atoms with E-state index in [1.54, 1.807) is 6.33 Å². The van der Waals surface area contributed by atoms with Crippen LogP contribution in [-0.4, -0.2) is 40.4 Å². The Morgan fingerprint density at radius 3 is 2.81 bits per heavy atom. The molecular weight excluding hydrogens is 340 g/mol. The molecule has 1 aromatic heterocycles. The van der Waals surface area contributed by atoms with Crippen molar-refractivity contribution < 1.29 is 4.74 Å². The van der Waals surface area contributed by atoms with Gasteiger partial charge in [0.15, 0.2) is 5.96 Å². The summed E-state index contributed by atoms with van der Waals surface area (Å²) in [6, 6.07) is 6.28. The highest BCUT2D eigenvalue weighted by Crippen LogP contribution is 2.21. The average Bonchev–Trinajstić information content (AvgIpc) is 3.12. The van der Waals surface area contributed by atoms with Crippen LogP contribution in [-0.2, 0) is 19.5 Å². The molecule has 2 N–H and O–H groups in total. The van der Waals surface area contributed by atoms with Gasteiger partial charge in [-0.05, 0) is 31.9 Å². The third-order valence-corrected chi connectivity index (χ3v) is 4.09. The molecule has 0 unspecified atom stereocenters. The van der Waals surface area contributed by atoms with Crippen LogP contribution in [0.2, 0.25) is 0 Å². The number of aryl methyl sites for hydroxylation is 2. The topological polar surface area (TPSA) is 76.4 Å². The Morgan fingerprint density at radius 1 is 1.22 bits per heavy atom. The number of hydrogen-bond donors (Lipinski definition) is 2. The van der Waals surface area contributed by atoms with E-state index in [2.05, 4.69) is 71.3 Å². The van der Waals surface area contributed by atoms with E-state index in [-0.39, 0.29) is 0 Å². The second-order valence-electron chi connectivity index (χ2n) is 6.38. The van der Waals surface area contributed by atoms with Gasteiger partial charge >= 0.3 is 0 Å². The minimum absolute atomic E-state index is 0.571. The van der Waals surface area contributed by atoms with E-state index in [4.69, 9.17) is 9.73 Å². The maximum Gasteiger partial charge on any atom is 0.191 e. The molecule has 2 rings (SSSR count). The van der Waals surface area contributed by atoms with Crippen molar-refractivity contribution in [3.63, 3.8) is 0 Å². The van der Waals surface area contributed by atoms with Crippen LogP contribution in [0.5, 0.6) is 5.75 Å². The van der Waals surface area contributed by atoms with E-state index in [1.807, 2.05) is 0 Å². The third-order valence-electron chi connectivity index (χ3n) is 4.09. The molecule has 0 aliphatic heterocycles. The molecule has 0 saturated heterocycles. The number of nitrogens with zero attached hydrogens (tertiary/aromatic N) is 4. The van der Waals surface area contributed by atoms with Crippen LogP contribution in [0, 0.1) is 6.92 Å². The van der Waals surface area contributed by atoms with Gasteiger partial charge in [0, 0.05) is 31.6 Å². The number of ether oxygens (including phenoxy) is 1. The zero-order valence-electron chi connectivity index (χ0n) is 17.0. The summed E-state index contributed by atoms with van der Waals surface area (Å²) in [6.07, 6.45) is 3.64. The summed E-state index contributed by atoms with van der Waals surface area (Å²) in [5.74, 6) is 2.72. The second kappa shape index (κ2) is 11.2. The van der Waals surface area contributed by atoms with Crippen molar-refractivity contribution in [1.82, 2.24) is 25.4 Å². The van der Waals surface area contributed by atoms with Crippen LogP contribution in [0.3, 0.4) is 0 Å². The lowest BCUT2D eigenvalue weighted by Gasteiger charge is -2.14. The Bertz CT molecular complexity index is 725. The molecule has 0 amide bonds. The van der Waals surface area contributed by atoms with Crippen LogP contribution >= 0.6 is 0 Å². The summed E-state index contributed by atoms with van der Waals surface area (Å²) in [5, 5.41) is 14.8. The maximum absolute atomic E-state index is 5.89. The lowest BCUT2D eigenvalue weighted by Crippen LogP contribution is -2.38. The van der Waals surface area contributed by atoms with Crippen molar-refractivity contribution in [3.05, 3.63) is 41.5 Å². The summed E-state index contributed by atoms with van der Waals surface area (Å²) in [5.41, 5.74) is 2.29. The van der Waals surface area contributed by atoms with Crippen molar-refractivity contribution in [1.29, 1.82) is 0 Å². The average molecular weight is 373 g/mol. The number of aromatic nitrogens is 3. The fourth-order valence-electron chi connectivity index (χ4n) is 2.68. The van der Waals surface area contributed by atoms with Gasteiger partial charge in [-0.25, -0.2) is 4.99 Å². The molecular formula is C20H32N6O. The summed E-state index contributed by atoms with van der Waals surface area (Å²) in [4.78, 5) is 4.72. The Hall–Kier alpha value is -2.57. The van der Waals surface area contributed by atoms with E-state index < -0.39 is 0 Å². The monoisotopic (exact) mass is 372 g/mol. The largest absolute Gasteiger partial charge is 0.493 e. The Kier molecular flexibility index (Phi) is 8.61. The molecule has 0 fully saturated rings. The van der Waals surface area contributed by atoms with Crippen molar-refractivity contribution >= 4 is 5.96 Å². The minimum Gasteiger partial charge on any atom is -0.493 e. The Morgan fingerprint density at radius 2 is 2.07 bits per heavy atom. The molecule has 0 saturated carbocycles. The SMILES string of the molecule is CCCOc1cc(C)ccc1CN=C(NCC)NCCn1cnnc1CC. The van der Waals surface area contributed by atoms with Gasteiger partial charge in [0.1, 0.15) is 17.9 Å². The van der Waals surface area contributed by atoms with Gasteiger partial charge in [0.05, 0.1) is 13.2 Å². The van der Waals surface area contributed by atoms with Gasteiger partial charge in [-0.3, -0.25) is 0 Å². The van der Waals surface area contributed by atoms with Crippen molar-refractivity contribution in [2.24, 2.45) is 4.99 Å². The zero-order valence-corrected chi connectivity index (χ0v) is 17.0. The second-order valence-corrected chi connectivity index (χ2v) is 6.38. The number of guanidine groups is 1. The van der Waals surface area contributed by atoms with Crippen molar-refractivity contribution in [2.45, 2.75) is 53.6 Å². The van der Waals surface area contributed by atoms with Gasteiger partial charge < -0.3 is 19.9 Å². The summed E-state index contributed by atoms with van der Waals surface area (Å²) >= 11 is 0. The van der Waals surface area contributed by atoms with Gasteiger partial charge in [0.25, 0.3) is 0 Å². The third kappa shape index (κ3) is 6.58. The molecule has 2 aromatic rings. The Balaban J connectivity index is 1.98. The minimum atomic E-state index is 0.571. The first-order valence-corrected chi connectivity index (χ1v) is 9.79. The first-order chi connectivity index (χ1) is 13.2. The van der Waals surface area contributed by atoms with Gasteiger partial charge in [-0.1, -0.05) is 26.0 Å². The highest BCUT2D eigenvalue weighted by Gasteiger charge is 2.06. The maximum atomic E-state index is 5.89. The molecule has 148 valence electrons. The predicted molar refractivity (Wildman–Crippen MR) is 109 cm³/mol. The summed E-state index contributed by atoms with van der Waals surface area (Å²) in [7, 11) is 0. The first-order valence-electron chi connectivity index (χ1n) is 9.79. The van der Waals surface area contributed by atoms with Crippen LogP contribution in [0.4, 0.5) is 0 Å². The molecule has 0 bridgehead atoms. The quantitative estimate of drug-likeness (QED) is 0.495. The van der Waals surface area contributed by atoms with Crippen molar-refractivity contribution in [2.75, 3.05) is 19.7 Å². The van der Waals surface area contributed by atoms with Crippen LogP contribution in [0.1, 0.15) is 44.1 Å². The van der Waals surface area contributed by atoms with E-state index in [0.29, 0.717) is 6.54 Å². The van der Waals surface area contributed by atoms with E-state index in [0.717, 1.165) is 62.2 Å². The standard InChI is InChI=1S/C20H32N6O/c1-5-12-27-18-13-16(4)8-9-17(18)14-23-20(21-7-3)22-10-11-26-15-24-25-19(26)6-2/h8-9,13,15H,5-7,10-12,14H2,1-4H3,(H2,21,22,23). The fourth-order valence-corrected chi connectivity index (χ4v) is 2.68. The van der Waals surface area contributed by atoms with Crippen LogP contribution in [0.25, 0.3) is 0 Å². The summed E-state index contributed by atoms with van der Waals surface area (Å²) < 4.78 is 7.95. The van der Waals surface area contributed by atoms with Gasteiger partial charge in [-0.15, -0.1) is 10.2 Å². The number of benzene rings is 1. The number of aliphatic imine (C=N–C) groups is 1. The van der Waals surface area contributed by atoms with E-state index >= 15 is 0 Å². The van der Waals surface area contributed by atoms with E-state index in [9.17, 15) is 0 Å². The molecule has 1 heterocycles. The molecule has 7 heteroatoms. The first kappa shape index (κ1) is 20.7. The van der Waals surface area contributed by atoms with Gasteiger partial charge in [-0.2, -0.15) is 0 Å². The molecule has 7 nitrogen and oxygen atoms in total. The summed E-state index contributed by atoms with van der Waals surface area (Å²) in [6.45, 7) is 12.0. The number of nitrogens with one attached hydrogen (secondary N) is 2. The molecule has 1 aromatic carbocycles. The highest BCUT2D eigenvalue weighted by molar-refractivity contribution is 5.79. The molecule has 0 atom stereocenters. The number of rotatable bonds is 10. The number of hydrogen-bond acceptors (Lipinski definition) is 4. The molecule has 0 radical (unpaired) electrons. The van der Waals surface area contributed by atoms with Gasteiger partial charge in [0.2, 0.25) is 0 Å². The predicted octanol–water partition coefficient (Wildman–Crippen LogP) is 2.69. The molecule has 27 heavy (non-hydrogen) atoms. The van der Waals surface area contributed by atoms with Crippen LogP contribution < -0.4 is 15.4 Å². The highest BCUT2D eigenvalue weighted by atomic mass is 16.5. The van der Waals surface area contributed by atoms with Crippen LogP contribution in [0.15, 0.2) is 29.5 Å². The molecule has 0 aliphatic carbocycles. The zero-order chi connectivity index (χ0) is 19.5. The molecule has 0 aliphatic rings. The lowest BCUT2D eigenvalue weighted by molar-refractivity contribution is 0.314.